The Kier molecular flexibility index (Phi) is 4.21. The topological polar surface area (TPSA) is 20.6 Å². The van der Waals surface area contributed by atoms with Crippen LogP contribution in [0.15, 0.2) is 36.4 Å². The third kappa shape index (κ3) is 2.39. The highest BCUT2D eigenvalue weighted by molar-refractivity contribution is 7.51. The number of likely N-dealkylation sites (N-methyl/N-ethyl adjacent to an activating group) is 1. The second-order valence-corrected chi connectivity index (χ2v) is 13.1. The minimum absolute atomic E-state index is 0.110. The van der Waals surface area contributed by atoms with Crippen LogP contribution in [-0.2, 0) is 10.6 Å². The van der Waals surface area contributed by atoms with Crippen molar-refractivity contribution >= 4 is 8.58 Å². The summed E-state index contributed by atoms with van der Waals surface area (Å²) in [6, 6.07) is 15.2. The molecule has 5 unspecified atom stereocenters. The molecule has 0 N–H and O–H groups in total. The Bertz CT molecular complexity index is 1080. The number of benzene rings is 2. The number of hydrogen-bond donors (Lipinski definition) is 0. The highest BCUT2D eigenvalue weighted by Crippen LogP contribution is 2.82. The van der Waals surface area contributed by atoms with E-state index < -0.39 is 0 Å². The van der Waals surface area contributed by atoms with Crippen molar-refractivity contribution in [2.45, 2.75) is 88.2 Å². The molecule has 2 aromatic carbocycles. The van der Waals surface area contributed by atoms with Gasteiger partial charge in [-0.05, 0) is 73.7 Å². The molecule has 0 spiro atoms. The Morgan fingerprint density at radius 1 is 1.00 bits per heavy atom. The predicted octanol–water partition coefficient (Wildman–Crippen LogP) is 7.07. The Morgan fingerprint density at radius 2 is 1.77 bits per heavy atom. The van der Waals surface area contributed by atoms with Crippen molar-refractivity contribution in [3.05, 3.63) is 64.2 Å². The second kappa shape index (κ2) is 6.41. The Hall–Kier alpha value is -1.25. The lowest BCUT2D eigenvalue weighted by Gasteiger charge is -2.48. The van der Waals surface area contributed by atoms with Gasteiger partial charge in [0.15, 0.2) is 0 Å². The van der Waals surface area contributed by atoms with E-state index in [-0.39, 0.29) is 15.9 Å². The van der Waals surface area contributed by atoms with Gasteiger partial charge in [-0.2, -0.15) is 0 Å². The summed E-state index contributed by atoms with van der Waals surface area (Å²) in [6.45, 7) is 12.1. The van der Waals surface area contributed by atoms with Crippen LogP contribution < -0.4 is 0 Å². The molecule has 0 saturated carbocycles. The van der Waals surface area contributed by atoms with Crippen LogP contribution in [0.4, 0.5) is 0 Å². The Balaban J connectivity index is 1.57. The van der Waals surface area contributed by atoms with Crippen LogP contribution in [0.5, 0.6) is 0 Å². The molecule has 3 nitrogen and oxygen atoms in total. The van der Waals surface area contributed by atoms with E-state index in [0.717, 1.165) is 8.58 Å². The smallest absolute Gasteiger partial charge is 0.0339 e. The molecule has 31 heavy (non-hydrogen) atoms. The first-order valence-corrected chi connectivity index (χ1v) is 13.1. The van der Waals surface area contributed by atoms with Crippen LogP contribution in [-0.4, -0.2) is 28.4 Å². The number of fused-ring (bicyclic) bond motifs is 9. The molecule has 3 aliphatic heterocycles. The van der Waals surface area contributed by atoms with E-state index in [1.807, 2.05) is 0 Å². The van der Waals surface area contributed by atoms with Crippen molar-refractivity contribution in [1.82, 2.24) is 10.0 Å². The van der Waals surface area contributed by atoms with Gasteiger partial charge >= 0.3 is 0 Å². The third-order valence-electron chi connectivity index (χ3n) is 9.14. The summed E-state index contributed by atoms with van der Waals surface area (Å²) in [4.78, 5) is 0. The number of rotatable bonds is 4. The molecule has 0 aromatic heterocycles. The fraction of sp³-hybridized carbons (Fsp3) is 0.556. The molecule has 1 aliphatic carbocycles. The van der Waals surface area contributed by atoms with E-state index in [4.69, 9.17) is 5.53 Å². The molecule has 3 heterocycles. The summed E-state index contributed by atoms with van der Waals surface area (Å²) in [5.74, 6) is 0. The molecule has 0 amide bonds. The maximum Gasteiger partial charge on any atom is 0.0339 e. The van der Waals surface area contributed by atoms with Crippen molar-refractivity contribution in [3.63, 3.8) is 0 Å². The van der Waals surface area contributed by atoms with Gasteiger partial charge in [0.25, 0.3) is 0 Å². The summed E-state index contributed by atoms with van der Waals surface area (Å²) in [6.07, 6.45) is 5.11. The molecule has 4 heteroatoms. The number of nitrogens with zero attached hydrogens (tertiary/aromatic N) is 3. The number of unbranched alkanes of at least 4 members (excludes halogenated alkanes) is 2. The van der Waals surface area contributed by atoms with Crippen molar-refractivity contribution < 1.29 is 0 Å². The summed E-state index contributed by atoms with van der Waals surface area (Å²) in [5.41, 5.74) is 14.3. The van der Waals surface area contributed by atoms with Crippen LogP contribution in [0, 0.1) is 0 Å². The third-order valence-corrected chi connectivity index (χ3v) is 11.4. The van der Waals surface area contributed by atoms with E-state index in [9.17, 15) is 0 Å². The minimum atomic E-state index is 0.110. The van der Waals surface area contributed by atoms with Crippen LogP contribution in [0.2, 0.25) is 0 Å². The van der Waals surface area contributed by atoms with Gasteiger partial charge in [-0.3, -0.25) is 0 Å². The van der Waals surface area contributed by atoms with Crippen molar-refractivity contribution in [2.75, 3.05) is 7.05 Å². The molecular weight excluding hydrogens is 397 g/mol. The average Bonchev–Trinajstić information content (AvgIpc) is 3.10. The molecule has 0 radical (unpaired) electrons. The molecular formula is C27H35N3P-. The van der Waals surface area contributed by atoms with Crippen molar-refractivity contribution in [2.24, 2.45) is 0 Å². The largest absolute Gasteiger partial charge is 0.526 e. The van der Waals surface area contributed by atoms with Gasteiger partial charge < -0.3 is 15.6 Å². The lowest BCUT2D eigenvalue weighted by Crippen LogP contribution is -2.43. The average molecular weight is 433 g/mol. The SMILES string of the molecule is CCCCCC1(C)c2ccccc2-c2cc3c(cc21)C1C(C)N(C)[N-]N1[C@@]1(C)PC31C. The van der Waals surface area contributed by atoms with Crippen molar-refractivity contribution in [3.8, 4) is 11.1 Å². The van der Waals surface area contributed by atoms with Gasteiger partial charge in [-0.15, -0.1) is 0 Å². The molecule has 2 saturated heterocycles. The fourth-order valence-corrected chi connectivity index (χ4v) is 8.65. The zero-order valence-corrected chi connectivity index (χ0v) is 20.8. The van der Waals surface area contributed by atoms with E-state index >= 15 is 0 Å². The van der Waals surface area contributed by atoms with Crippen LogP contribution in [0.1, 0.15) is 88.6 Å². The quantitative estimate of drug-likeness (QED) is 0.380. The molecule has 4 aliphatic rings. The minimum Gasteiger partial charge on any atom is -0.526 e. The standard InChI is InChI=1S/C27H35N3P/c1-7-8-11-14-25(3)21-13-10-9-12-18(21)19-15-23-20(16-22(19)25)24-17(2)29(6)28-30(24)27(5)26(23,4)31-27/h9-10,12-13,15-17,24,31H,7-8,11,14H2,1-6H3/q-1/t17?,24?,25?,26?,27-/m0/s1. The zero-order chi connectivity index (χ0) is 21.8. The normalized spacial score (nSPS) is 38.5. The lowest BCUT2D eigenvalue weighted by molar-refractivity contribution is 0.176. The van der Waals surface area contributed by atoms with Gasteiger partial charge in [0.2, 0.25) is 0 Å². The van der Waals surface area contributed by atoms with E-state index in [1.165, 1.54) is 42.4 Å². The van der Waals surface area contributed by atoms with Gasteiger partial charge in [-0.25, -0.2) is 0 Å². The Labute approximate surface area is 189 Å². The van der Waals surface area contributed by atoms with Crippen LogP contribution in [0.3, 0.4) is 0 Å². The first kappa shape index (κ1) is 20.4. The van der Waals surface area contributed by atoms with Crippen molar-refractivity contribution in [1.29, 1.82) is 0 Å². The molecule has 2 aromatic rings. The number of hydrogen-bond acceptors (Lipinski definition) is 2. The Morgan fingerprint density at radius 3 is 2.55 bits per heavy atom. The summed E-state index contributed by atoms with van der Waals surface area (Å²) < 4.78 is 0. The first-order chi connectivity index (χ1) is 14.8. The van der Waals surface area contributed by atoms with Gasteiger partial charge in [-0.1, -0.05) is 72.0 Å². The lowest BCUT2D eigenvalue weighted by atomic mass is 9.73. The molecule has 6 atom stereocenters. The maximum atomic E-state index is 5.03. The molecule has 164 valence electrons. The van der Waals surface area contributed by atoms with E-state index in [1.54, 1.807) is 16.7 Å². The summed E-state index contributed by atoms with van der Waals surface area (Å²) in [7, 11) is 3.05. The second-order valence-electron chi connectivity index (χ2n) is 10.8. The van der Waals surface area contributed by atoms with Gasteiger partial charge in [0, 0.05) is 27.9 Å². The molecule has 6 rings (SSSR count). The van der Waals surface area contributed by atoms with Crippen LogP contribution in [0.25, 0.3) is 16.7 Å². The highest BCUT2D eigenvalue weighted by atomic mass is 31.1. The molecule has 2 fully saturated rings. The van der Waals surface area contributed by atoms with Gasteiger partial charge in [0.1, 0.15) is 0 Å². The predicted molar refractivity (Wildman–Crippen MR) is 132 cm³/mol. The maximum absolute atomic E-state index is 5.03. The summed E-state index contributed by atoms with van der Waals surface area (Å²) >= 11 is 0. The zero-order valence-electron chi connectivity index (χ0n) is 19.8. The first-order valence-electron chi connectivity index (χ1n) is 12.1. The highest BCUT2D eigenvalue weighted by Gasteiger charge is 2.68. The van der Waals surface area contributed by atoms with Gasteiger partial charge in [0.05, 0.1) is 0 Å². The van der Waals surface area contributed by atoms with E-state index in [2.05, 4.69) is 88.1 Å². The summed E-state index contributed by atoms with van der Waals surface area (Å²) in [5, 5.41) is 5.05. The van der Waals surface area contributed by atoms with Crippen LogP contribution >= 0.6 is 8.58 Å². The monoisotopic (exact) mass is 432 g/mol. The van der Waals surface area contributed by atoms with E-state index in [0.29, 0.717) is 12.1 Å². The molecule has 0 bridgehead atoms. The fourth-order valence-electron chi connectivity index (χ4n) is 6.84.